The molecule has 1 aromatic carbocycles. The van der Waals surface area contributed by atoms with E-state index in [4.69, 9.17) is 0 Å². The number of nitrogens with zero attached hydrogens (tertiary/aromatic N) is 3. The van der Waals surface area contributed by atoms with Crippen molar-refractivity contribution in [3.63, 3.8) is 0 Å². The Bertz CT molecular complexity index is 534. The summed E-state index contributed by atoms with van der Waals surface area (Å²) in [6, 6.07) is 6.77. The van der Waals surface area contributed by atoms with Crippen molar-refractivity contribution in [1.29, 1.82) is 0 Å². The average molecular weight is 356 g/mol. The number of hydrogen-bond donors (Lipinski definition) is 1. The van der Waals surface area contributed by atoms with Crippen LogP contribution in [0.2, 0.25) is 0 Å². The van der Waals surface area contributed by atoms with Gasteiger partial charge in [-0.3, -0.25) is 0 Å². The normalized spacial score (nSPS) is 11.2. The van der Waals surface area contributed by atoms with Crippen LogP contribution in [0.3, 0.4) is 0 Å². The summed E-state index contributed by atoms with van der Waals surface area (Å²) in [7, 11) is 0. The SMILES string of the molecule is Cc1ccc(I)cc1-n1cc(CNC(C)C)nn1. The minimum absolute atomic E-state index is 0.453. The molecule has 2 rings (SSSR count). The minimum Gasteiger partial charge on any atom is -0.309 e. The number of hydrogen-bond acceptors (Lipinski definition) is 3. The molecular weight excluding hydrogens is 339 g/mol. The zero-order valence-electron chi connectivity index (χ0n) is 10.8. The van der Waals surface area contributed by atoms with Gasteiger partial charge in [0.1, 0.15) is 0 Å². The van der Waals surface area contributed by atoms with E-state index in [1.807, 2.05) is 10.9 Å². The first kappa shape index (κ1) is 13.5. The lowest BCUT2D eigenvalue weighted by atomic mass is 10.2. The highest BCUT2D eigenvalue weighted by molar-refractivity contribution is 14.1. The van der Waals surface area contributed by atoms with Crippen LogP contribution in [0.5, 0.6) is 0 Å². The molecule has 2 aromatic rings. The third-order valence-corrected chi connectivity index (χ3v) is 3.32. The van der Waals surface area contributed by atoms with Gasteiger partial charge in [0.15, 0.2) is 0 Å². The Morgan fingerprint density at radius 2 is 2.17 bits per heavy atom. The lowest BCUT2D eigenvalue weighted by molar-refractivity contribution is 0.580. The first-order valence-corrected chi connectivity index (χ1v) is 7.05. The molecule has 18 heavy (non-hydrogen) atoms. The maximum absolute atomic E-state index is 4.19. The molecule has 1 N–H and O–H groups in total. The molecule has 0 amide bonds. The smallest absolute Gasteiger partial charge is 0.0969 e. The molecule has 0 aliphatic heterocycles. The molecule has 96 valence electrons. The fraction of sp³-hybridized carbons (Fsp3) is 0.385. The van der Waals surface area contributed by atoms with Crippen LogP contribution in [0, 0.1) is 10.5 Å². The second-order valence-corrected chi connectivity index (χ2v) is 5.87. The van der Waals surface area contributed by atoms with Crippen molar-refractivity contribution >= 4 is 22.6 Å². The molecule has 1 aromatic heterocycles. The van der Waals surface area contributed by atoms with Gasteiger partial charge in [0.25, 0.3) is 0 Å². The Morgan fingerprint density at radius 3 is 2.89 bits per heavy atom. The predicted molar refractivity (Wildman–Crippen MR) is 80.8 cm³/mol. The maximum Gasteiger partial charge on any atom is 0.0969 e. The number of aromatic nitrogens is 3. The number of halogens is 1. The largest absolute Gasteiger partial charge is 0.309 e. The summed E-state index contributed by atoms with van der Waals surface area (Å²) in [6.45, 7) is 7.07. The van der Waals surface area contributed by atoms with Gasteiger partial charge in [-0.2, -0.15) is 0 Å². The fourth-order valence-electron chi connectivity index (χ4n) is 1.64. The number of benzene rings is 1. The van der Waals surface area contributed by atoms with Crippen LogP contribution in [-0.2, 0) is 6.54 Å². The lowest BCUT2D eigenvalue weighted by Gasteiger charge is -2.05. The molecule has 4 nitrogen and oxygen atoms in total. The van der Waals surface area contributed by atoms with Crippen molar-refractivity contribution in [1.82, 2.24) is 20.3 Å². The van der Waals surface area contributed by atoms with Gasteiger partial charge in [0, 0.05) is 16.2 Å². The van der Waals surface area contributed by atoms with Gasteiger partial charge in [-0.05, 0) is 47.2 Å². The highest BCUT2D eigenvalue weighted by Gasteiger charge is 2.06. The van der Waals surface area contributed by atoms with Crippen LogP contribution in [0.1, 0.15) is 25.1 Å². The van der Waals surface area contributed by atoms with E-state index in [1.54, 1.807) is 0 Å². The molecule has 5 heteroatoms. The molecular formula is C13H17IN4. The van der Waals surface area contributed by atoms with Crippen LogP contribution >= 0.6 is 22.6 Å². The molecule has 0 radical (unpaired) electrons. The van der Waals surface area contributed by atoms with Crippen LogP contribution in [0.4, 0.5) is 0 Å². The Balaban J connectivity index is 2.21. The Hall–Kier alpha value is -0.950. The predicted octanol–water partition coefficient (Wildman–Crippen LogP) is 2.68. The third-order valence-electron chi connectivity index (χ3n) is 2.65. The molecule has 0 fully saturated rings. The number of nitrogens with one attached hydrogen (secondary N) is 1. The quantitative estimate of drug-likeness (QED) is 0.857. The molecule has 0 saturated heterocycles. The number of aryl methyl sites for hydroxylation is 1. The fourth-order valence-corrected chi connectivity index (χ4v) is 2.11. The zero-order chi connectivity index (χ0) is 13.1. The van der Waals surface area contributed by atoms with Crippen molar-refractivity contribution < 1.29 is 0 Å². The van der Waals surface area contributed by atoms with E-state index in [1.165, 1.54) is 9.13 Å². The first-order valence-electron chi connectivity index (χ1n) is 5.97. The summed E-state index contributed by atoms with van der Waals surface area (Å²) in [5, 5.41) is 11.7. The van der Waals surface area contributed by atoms with Crippen LogP contribution in [-0.4, -0.2) is 21.0 Å². The molecule has 1 heterocycles. The van der Waals surface area contributed by atoms with Crippen LogP contribution in [0.25, 0.3) is 5.69 Å². The second-order valence-electron chi connectivity index (χ2n) is 4.62. The summed E-state index contributed by atoms with van der Waals surface area (Å²) in [4.78, 5) is 0. The lowest BCUT2D eigenvalue weighted by Crippen LogP contribution is -2.21. The number of rotatable bonds is 4. The van der Waals surface area contributed by atoms with Gasteiger partial charge in [-0.15, -0.1) is 5.10 Å². The van der Waals surface area contributed by atoms with E-state index < -0.39 is 0 Å². The van der Waals surface area contributed by atoms with Gasteiger partial charge >= 0.3 is 0 Å². The maximum atomic E-state index is 4.19. The summed E-state index contributed by atoms with van der Waals surface area (Å²) < 4.78 is 3.04. The van der Waals surface area contributed by atoms with Crippen molar-refractivity contribution in [2.45, 2.75) is 33.4 Å². The van der Waals surface area contributed by atoms with Gasteiger partial charge in [-0.1, -0.05) is 25.1 Å². The van der Waals surface area contributed by atoms with E-state index in [-0.39, 0.29) is 0 Å². The van der Waals surface area contributed by atoms with Gasteiger partial charge in [-0.25, -0.2) is 4.68 Å². The third kappa shape index (κ3) is 3.29. The van der Waals surface area contributed by atoms with Crippen LogP contribution in [0.15, 0.2) is 24.4 Å². The highest BCUT2D eigenvalue weighted by Crippen LogP contribution is 2.16. The van der Waals surface area contributed by atoms with Crippen molar-refractivity contribution in [3.8, 4) is 5.69 Å². The molecule has 0 atom stereocenters. The minimum atomic E-state index is 0.453. The van der Waals surface area contributed by atoms with E-state index in [0.717, 1.165) is 17.9 Å². The molecule has 0 aliphatic carbocycles. The molecule has 0 saturated carbocycles. The monoisotopic (exact) mass is 356 g/mol. The molecule has 0 spiro atoms. The molecule has 0 bridgehead atoms. The molecule has 0 unspecified atom stereocenters. The average Bonchev–Trinajstić information content (AvgIpc) is 2.78. The van der Waals surface area contributed by atoms with E-state index in [0.29, 0.717) is 6.04 Å². The van der Waals surface area contributed by atoms with Crippen molar-refractivity contribution in [2.24, 2.45) is 0 Å². The van der Waals surface area contributed by atoms with Gasteiger partial charge in [0.05, 0.1) is 17.6 Å². The van der Waals surface area contributed by atoms with E-state index in [2.05, 4.69) is 77.2 Å². The van der Waals surface area contributed by atoms with Gasteiger partial charge in [0.2, 0.25) is 0 Å². The summed E-state index contributed by atoms with van der Waals surface area (Å²) >= 11 is 2.31. The summed E-state index contributed by atoms with van der Waals surface area (Å²) in [5.74, 6) is 0. The topological polar surface area (TPSA) is 42.7 Å². The van der Waals surface area contributed by atoms with E-state index >= 15 is 0 Å². The Labute approximate surface area is 121 Å². The summed E-state index contributed by atoms with van der Waals surface area (Å²) in [6.07, 6.45) is 1.98. The van der Waals surface area contributed by atoms with E-state index in [9.17, 15) is 0 Å². The van der Waals surface area contributed by atoms with Gasteiger partial charge < -0.3 is 5.32 Å². The van der Waals surface area contributed by atoms with Crippen LogP contribution < -0.4 is 5.32 Å². The second kappa shape index (κ2) is 5.79. The van der Waals surface area contributed by atoms with Crippen molar-refractivity contribution in [3.05, 3.63) is 39.2 Å². The standard InChI is InChI=1S/C13H17IN4/c1-9(2)15-7-12-8-18(17-16-12)13-6-11(14)5-4-10(13)3/h4-6,8-9,15H,7H2,1-3H3. The summed E-state index contributed by atoms with van der Waals surface area (Å²) in [5.41, 5.74) is 3.25. The Kier molecular flexibility index (Phi) is 4.34. The van der Waals surface area contributed by atoms with Crippen molar-refractivity contribution in [2.75, 3.05) is 0 Å². The zero-order valence-corrected chi connectivity index (χ0v) is 13.0. The highest BCUT2D eigenvalue weighted by atomic mass is 127. The molecule has 0 aliphatic rings. The first-order chi connectivity index (χ1) is 8.56. The Morgan fingerprint density at radius 1 is 1.39 bits per heavy atom.